The van der Waals surface area contributed by atoms with E-state index in [0.29, 0.717) is 31.0 Å². The zero-order valence-corrected chi connectivity index (χ0v) is 22.2. The van der Waals surface area contributed by atoms with Crippen LogP contribution in [0, 0.1) is 5.92 Å². The molecule has 1 aromatic heterocycles. The largest absolute Gasteiger partial charge is 0.480 e. The van der Waals surface area contributed by atoms with Crippen molar-refractivity contribution in [2.45, 2.75) is 49.5 Å². The maximum atomic E-state index is 12.6. The van der Waals surface area contributed by atoms with Crippen LogP contribution in [0.3, 0.4) is 0 Å². The molecule has 1 unspecified atom stereocenters. The van der Waals surface area contributed by atoms with E-state index in [1.54, 1.807) is 16.4 Å². The predicted molar refractivity (Wildman–Crippen MR) is 144 cm³/mol. The van der Waals surface area contributed by atoms with Crippen molar-refractivity contribution in [3.63, 3.8) is 0 Å². The molecule has 37 heavy (non-hydrogen) atoms. The molecule has 0 aliphatic carbocycles. The van der Waals surface area contributed by atoms with Crippen molar-refractivity contribution in [3.05, 3.63) is 53.7 Å². The molecule has 4 rings (SSSR count). The number of anilines is 1. The summed E-state index contributed by atoms with van der Waals surface area (Å²) < 4.78 is 14.3. The Labute approximate surface area is 221 Å². The van der Waals surface area contributed by atoms with Crippen molar-refractivity contribution in [2.75, 3.05) is 45.1 Å². The average molecular weight is 528 g/mol. The molecule has 0 saturated carbocycles. The summed E-state index contributed by atoms with van der Waals surface area (Å²) >= 11 is 0. The molecule has 0 radical (unpaired) electrons. The Hall–Kier alpha value is -2.82. The minimum absolute atomic E-state index is 0.289. The van der Waals surface area contributed by atoms with Gasteiger partial charge in [-0.3, -0.25) is 4.79 Å². The van der Waals surface area contributed by atoms with E-state index in [1.807, 2.05) is 25.2 Å². The summed E-state index contributed by atoms with van der Waals surface area (Å²) in [5, 5.41) is 15.7. The Morgan fingerprint density at radius 3 is 2.73 bits per heavy atom. The second-order valence-corrected chi connectivity index (χ2v) is 11.4. The fraction of sp³-hybridized carbons (Fsp3) is 0.519. The number of nitrogens with one attached hydrogen (secondary N) is 2. The molecule has 1 fully saturated rings. The van der Waals surface area contributed by atoms with Crippen LogP contribution in [-0.2, 0) is 33.4 Å². The number of pyridine rings is 1. The fourth-order valence-electron chi connectivity index (χ4n) is 4.63. The van der Waals surface area contributed by atoms with Crippen LogP contribution in [0.5, 0.6) is 0 Å². The first-order valence-corrected chi connectivity index (χ1v) is 14.2. The van der Waals surface area contributed by atoms with Gasteiger partial charge in [0.05, 0.1) is 10.8 Å². The molecule has 9 nitrogen and oxygen atoms in total. The van der Waals surface area contributed by atoms with E-state index < -0.39 is 23.0 Å². The maximum absolute atomic E-state index is 12.6. The van der Waals surface area contributed by atoms with E-state index in [2.05, 4.69) is 27.7 Å². The first kappa shape index (κ1) is 27.2. The van der Waals surface area contributed by atoms with Crippen LogP contribution >= 0.6 is 0 Å². The molecule has 10 heteroatoms. The van der Waals surface area contributed by atoms with Gasteiger partial charge in [-0.15, -0.1) is 0 Å². The van der Waals surface area contributed by atoms with Crippen molar-refractivity contribution >= 4 is 28.7 Å². The number of amides is 1. The number of aromatic nitrogens is 1. The molecule has 0 bridgehead atoms. The number of carbonyl (C=O) groups is 2. The highest BCUT2D eigenvalue weighted by Gasteiger charge is 2.37. The minimum Gasteiger partial charge on any atom is -0.480 e. The number of unbranched alkanes of at least 4 members (excludes halogenated alkanes) is 1. The van der Waals surface area contributed by atoms with Crippen LogP contribution in [0.15, 0.2) is 47.4 Å². The third-order valence-electron chi connectivity index (χ3n) is 6.99. The van der Waals surface area contributed by atoms with Crippen LogP contribution in [0.4, 0.5) is 5.82 Å². The Balaban J connectivity index is 1.13. The Kier molecular flexibility index (Phi) is 9.65. The van der Waals surface area contributed by atoms with E-state index in [1.165, 1.54) is 5.56 Å². The van der Waals surface area contributed by atoms with Crippen LogP contribution in [-0.4, -0.2) is 81.2 Å². The number of hydrogen-bond donors (Lipinski definition) is 3. The molecule has 2 aliphatic rings. The summed E-state index contributed by atoms with van der Waals surface area (Å²) in [5.41, 5.74) is 2.40. The topological polar surface area (TPSA) is 115 Å². The van der Waals surface area contributed by atoms with Gasteiger partial charge in [0.15, 0.2) is 0 Å². The summed E-state index contributed by atoms with van der Waals surface area (Å²) in [6, 6.07) is 12.5. The highest BCUT2D eigenvalue weighted by Crippen LogP contribution is 2.23. The first-order chi connectivity index (χ1) is 17.9. The third kappa shape index (κ3) is 7.59. The molecule has 0 spiro atoms. The van der Waals surface area contributed by atoms with Gasteiger partial charge in [0.25, 0.3) is 0 Å². The summed E-state index contributed by atoms with van der Waals surface area (Å²) in [6.45, 7) is 3.13. The van der Waals surface area contributed by atoms with Gasteiger partial charge < -0.3 is 20.6 Å². The Bertz CT molecular complexity index is 1090. The molecule has 200 valence electrons. The van der Waals surface area contributed by atoms with E-state index in [4.69, 9.17) is 4.98 Å². The second-order valence-electron chi connectivity index (χ2n) is 9.90. The standard InChI is InChI=1S/C27H37N5O4S/c1-31(16-6-5-9-22-13-12-20-8-7-15-28-25(20)29-22)17-14-24(27(34)35)30-26(33)21-18-32(19-21)37(36)23-10-3-2-4-11-23/h2-4,10-13,21,24H,5-9,14-19H2,1H3,(H,28,29)(H,30,33)(H,34,35)/t24-,37?/m0/s1. The predicted octanol–water partition coefficient (Wildman–Crippen LogP) is 2.31. The molecule has 2 atom stereocenters. The molecule has 1 saturated heterocycles. The van der Waals surface area contributed by atoms with Crippen molar-refractivity contribution in [2.24, 2.45) is 5.92 Å². The molecule has 1 aromatic carbocycles. The number of carboxylic acids is 1. The SMILES string of the molecule is CN(CCCCc1ccc2c(n1)NCCC2)CC[C@H](NC(=O)C1CN(S(=O)c2ccccc2)C1)C(=O)O. The number of rotatable bonds is 13. The van der Waals surface area contributed by atoms with E-state index in [-0.39, 0.29) is 11.8 Å². The number of carbonyl (C=O) groups excluding carboxylic acids is 1. The molecule has 3 heterocycles. The lowest BCUT2D eigenvalue weighted by molar-refractivity contribution is -0.143. The smallest absolute Gasteiger partial charge is 0.326 e. The van der Waals surface area contributed by atoms with E-state index in [0.717, 1.165) is 56.7 Å². The van der Waals surface area contributed by atoms with Crippen LogP contribution in [0.25, 0.3) is 0 Å². The normalized spacial score (nSPS) is 17.4. The number of aryl methyl sites for hydroxylation is 2. The monoisotopic (exact) mass is 527 g/mol. The molecular formula is C27H37N5O4S. The van der Waals surface area contributed by atoms with Crippen molar-refractivity contribution in [1.29, 1.82) is 0 Å². The number of aliphatic carboxylic acids is 1. The maximum Gasteiger partial charge on any atom is 0.326 e. The average Bonchev–Trinajstić information content (AvgIpc) is 2.88. The quantitative estimate of drug-likeness (QED) is 0.343. The highest BCUT2D eigenvalue weighted by atomic mass is 32.2. The van der Waals surface area contributed by atoms with Gasteiger partial charge in [-0.25, -0.2) is 18.3 Å². The van der Waals surface area contributed by atoms with Crippen LogP contribution in [0.2, 0.25) is 0 Å². The molecule has 1 amide bonds. The lowest BCUT2D eigenvalue weighted by atomic mass is 10.0. The minimum atomic E-state index is -1.30. The van der Waals surface area contributed by atoms with Gasteiger partial charge >= 0.3 is 5.97 Å². The number of benzene rings is 1. The van der Waals surface area contributed by atoms with Crippen molar-refractivity contribution in [1.82, 2.24) is 19.5 Å². The second kappa shape index (κ2) is 13.1. The molecule has 2 aliphatic heterocycles. The number of fused-ring (bicyclic) bond motifs is 1. The van der Waals surface area contributed by atoms with Gasteiger partial charge in [-0.1, -0.05) is 24.3 Å². The van der Waals surface area contributed by atoms with Gasteiger partial charge in [0.2, 0.25) is 5.91 Å². The summed E-state index contributed by atoms with van der Waals surface area (Å²) in [4.78, 5) is 31.9. The first-order valence-electron chi connectivity index (χ1n) is 13.1. The molecule has 3 N–H and O–H groups in total. The Morgan fingerprint density at radius 2 is 1.97 bits per heavy atom. The van der Waals surface area contributed by atoms with Crippen molar-refractivity contribution < 1.29 is 18.9 Å². The van der Waals surface area contributed by atoms with Gasteiger partial charge in [0.1, 0.15) is 22.8 Å². The van der Waals surface area contributed by atoms with Gasteiger partial charge in [0, 0.05) is 31.9 Å². The molecule has 2 aromatic rings. The van der Waals surface area contributed by atoms with E-state index in [9.17, 15) is 18.9 Å². The lowest BCUT2D eigenvalue weighted by Crippen LogP contribution is -2.56. The Morgan fingerprint density at radius 1 is 1.19 bits per heavy atom. The third-order valence-corrected chi connectivity index (χ3v) is 8.43. The fourth-order valence-corrected chi connectivity index (χ4v) is 5.95. The van der Waals surface area contributed by atoms with Gasteiger partial charge in [-0.2, -0.15) is 0 Å². The number of hydrogen-bond acceptors (Lipinski definition) is 6. The zero-order valence-electron chi connectivity index (χ0n) is 21.4. The number of nitrogens with zero attached hydrogens (tertiary/aromatic N) is 3. The lowest BCUT2D eigenvalue weighted by Gasteiger charge is -2.37. The summed E-state index contributed by atoms with van der Waals surface area (Å²) in [7, 11) is 0.673. The van der Waals surface area contributed by atoms with Crippen molar-refractivity contribution in [3.8, 4) is 0 Å². The van der Waals surface area contributed by atoms with Crippen LogP contribution in [0.1, 0.15) is 36.9 Å². The molecular weight excluding hydrogens is 490 g/mol. The number of carboxylic acid groups (broad SMARTS) is 1. The summed E-state index contributed by atoms with van der Waals surface area (Å²) in [6.07, 6.45) is 5.50. The zero-order chi connectivity index (χ0) is 26.2. The van der Waals surface area contributed by atoms with Crippen LogP contribution < -0.4 is 10.6 Å². The highest BCUT2D eigenvalue weighted by molar-refractivity contribution is 7.82. The summed E-state index contributed by atoms with van der Waals surface area (Å²) in [5.74, 6) is -0.636. The van der Waals surface area contributed by atoms with Gasteiger partial charge in [-0.05, 0) is 75.9 Å². The van der Waals surface area contributed by atoms with E-state index >= 15 is 0 Å².